The molecule has 2 rings (SSSR count). The van der Waals surface area contributed by atoms with Crippen molar-refractivity contribution in [2.24, 2.45) is 0 Å². The fourth-order valence-corrected chi connectivity index (χ4v) is 2.44. The molecule has 0 aliphatic carbocycles. The molecule has 5 heteroatoms. The number of hydrogen-bond acceptors (Lipinski definition) is 3. The second kappa shape index (κ2) is 5.50. The highest BCUT2D eigenvalue weighted by Crippen LogP contribution is 2.06. The minimum Gasteiger partial charge on any atom is -0.334 e. The fourth-order valence-electron chi connectivity index (χ4n) is 2.44. The van der Waals surface area contributed by atoms with Gasteiger partial charge < -0.3 is 20.9 Å². The van der Waals surface area contributed by atoms with Crippen molar-refractivity contribution in [3.8, 4) is 0 Å². The van der Waals surface area contributed by atoms with Crippen LogP contribution >= 0.6 is 0 Å². The van der Waals surface area contributed by atoms with Gasteiger partial charge in [-0.3, -0.25) is 0 Å². The molecular weight excluding hydrogens is 204 g/mol. The lowest BCUT2D eigenvalue weighted by Crippen LogP contribution is -2.51. The number of carbonyl (C=O) groups excluding carboxylic acids is 1. The standard InChI is InChI=1S/C11H22N4O/c1-15-6-4-10(8-15)14-11(16)13-9-3-2-5-12-7-9/h9-10,12H,2-8H2,1H3,(H2,13,14,16). The van der Waals surface area contributed by atoms with Crippen LogP contribution in [0.2, 0.25) is 0 Å². The zero-order valence-corrected chi connectivity index (χ0v) is 9.96. The van der Waals surface area contributed by atoms with Gasteiger partial charge in [0, 0.05) is 25.2 Å². The number of urea groups is 1. The van der Waals surface area contributed by atoms with E-state index in [1.54, 1.807) is 0 Å². The lowest BCUT2D eigenvalue weighted by atomic mass is 10.1. The van der Waals surface area contributed by atoms with E-state index >= 15 is 0 Å². The molecule has 0 aromatic heterocycles. The summed E-state index contributed by atoms with van der Waals surface area (Å²) in [5.74, 6) is 0. The van der Waals surface area contributed by atoms with E-state index in [1.165, 1.54) is 0 Å². The smallest absolute Gasteiger partial charge is 0.315 e. The van der Waals surface area contributed by atoms with Gasteiger partial charge in [-0.15, -0.1) is 0 Å². The molecule has 92 valence electrons. The molecule has 2 aliphatic heterocycles. The highest BCUT2D eigenvalue weighted by Gasteiger charge is 2.22. The fraction of sp³-hybridized carbons (Fsp3) is 0.909. The third kappa shape index (κ3) is 3.35. The van der Waals surface area contributed by atoms with Crippen molar-refractivity contribution in [2.45, 2.75) is 31.3 Å². The van der Waals surface area contributed by atoms with Crippen LogP contribution in [0.5, 0.6) is 0 Å². The van der Waals surface area contributed by atoms with Crippen molar-refractivity contribution in [2.75, 3.05) is 33.2 Å². The van der Waals surface area contributed by atoms with Gasteiger partial charge in [0.15, 0.2) is 0 Å². The molecule has 2 aliphatic rings. The molecule has 2 saturated heterocycles. The first-order valence-corrected chi connectivity index (χ1v) is 6.20. The van der Waals surface area contributed by atoms with Gasteiger partial charge in [0.05, 0.1) is 0 Å². The number of nitrogens with one attached hydrogen (secondary N) is 3. The Hall–Kier alpha value is -0.810. The van der Waals surface area contributed by atoms with Crippen LogP contribution in [-0.4, -0.2) is 56.2 Å². The average molecular weight is 226 g/mol. The number of likely N-dealkylation sites (tertiary alicyclic amines) is 1. The maximum atomic E-state index is 11.7. The van der Waals surface area contributed by atoms with Gasteiger partial charge in [-0.05, 0) is 39.4 Å². The zero-order valence-electron chi connectivity index (χ0n) is 9.96. The first-order valence-electron chi connectivity index (χ1n) is 6.20. The highest BCUT2D eigenvalue weighted by atomic mass is 16.2. The summed E-state index contributed by atoms with van der Waals surface area (Å²) in [6.07, 6.45) is 3.30. The number of amides is 2. The van der Waals surface area contributed by atoms with Crippen molar-refractivity contribution in [3.63, 3.8) is 0 Å². The van der Waals surface area contributed by atoms with Crippen LogP contribution in [0.1, 0.15) is 19.3 Å². The maximum absolute atomic E-state index is 11.7. The number of rotatable bonds is 2. The Morgan fingerprint density at radius 1 is 1.31 bits per heavy atom. The minimum absolute atomic E-state index is 0.00556. The lowest BCUT2D eigenvalue weighted by Gasteiger charge is -2.24. The molecule has 0 saturated carbocycles. The van der Waals surface area contributed by atoms with Gasteiger partial charge in [0.1, 0.15) is 0 Å². The molecule has 2 amide bonds. The number of carbonyl (C=O) groups is 1. The van der Waals surface area contributed by atoms with E-state index in [1.807, 2.05) is 0 Å². The summed E-state index contributed by atoms with van der Waals surface area (Å²) in [5, 5.41) is 9.36. The Balaban J connectivity index is 1.67. The molecular formula is C11H22N4O. The molecule has 0 bridgehead atoms. The SMILES string of the molecule is CN1CCC(NC(=O)NC2CCCNC2)C1. The molecule has 0 aromatic carbocycles. The topological polar surface area (TPSA) is 56.4 Å². The van der Waals surface area contributed by atoms with Crippen LogP contribution in [0.25, 0.3) is 0 Å². The zero-order chi connectivity index (χ0) is 11.4. The maximum Gasteiger partial charge on any atom is 0.315 e. The van der Waals surface area contributed by atoms with Crippen molar-refractivity contribution >= 4 is 6.03 Å². The van der Waals surface area contributed by atoms with Gasteiger partial charge in [0.25, 0.3) is 0 Å². The summed E-state index contributed by atoms with van der Waals surface area (Å²) in [7, 11) is 2.09. The molecule has 2 fully saturated rings. The quantitative estimate of drug-likeness (QED) is 0.608. The third-order valence-electron chi connectivity index (χ3n) is 3.36. The summed E-state index contributed by atoms with van der Waals surface area (Å²) in [4.78, 5) is 13.9. The van der Waals surface area contributed by atoms with Crippen molar-refractivity contribution in [1.29, 1.82) is 0 Å². The van der Waals surface area contributed by atoms with E-state index in [2.05, 4.69) is 27.9 Å². The van der Waals surface area contributed by atoms with E-state index in [0.717, 1.165) is 45.4 Å². The van der Waals surface area contributed by atoms with Crippen LogP contribution in [0.15, 0.2) is 0 Å². The second-order valence-corrected chi connectivity index (χ2v) is 4.91. The number of piperidine rings is 1. The monoisotopic (exact) mass is 226 g/mol. The van der Waals surface area contributed by atoms with E-state index in [-0.39, 0.29) is 6.03 Å². The van der Waals surface area contributed by atoms with Crippen molar-refractivity contribution in [3.05, 3.63) is 0 Å². The molecule has 2 heterocycles. The van der Waals surface area contributed by atoms with E-state index in [4.69, 9.17) is 0 Å². The van der Waals surface area contributed by atoms with E-state index in [0.29, 0.717) is 12.1 Å². The predicted molar refractivity (Wildman–Crippen MR) is 63.5 cm³/mol. The van der Waals surface area contributed by atoms with Gasteiger partial charge in [-0.25, -0.2) is 4.79 Å². The molecule has 2 atom stereocenters. The van der Waals surface area contributed by atoms with Gasteiger partial charge in [-0.1, -0.05) is 0 Å². The van der Waals surface area contributed by atoms with Crippen LogP contribution in [-0.2, 0) is 0 Å². The normalized spacial score (nSPS) is 31.3. The third-order valence-corrected chi connectivity index (χ3v) is 3.36. The first kappa shape index (κ1) is 11.7. The van der Waals surface area contributed by atoms with Gasteiger partial charge in [0.2, 0.25) is 0 Å². The van der Waals surface area contributed by atoms with Crippen LogP contribution in [0.3, 0.4) is 0 Å². The molecule has 5 nitrogen and oxygen atoms in total. The van der Waals surface area contributed by atoms with Crippen molar-refractivity contribution < 1.29 is 4.79 Å². The molecule has 0 spiro atoms. The summed E-state index contributed by atoms with van der Waals surface area (Å²) in [5.41, 5.74) is 0. The van der Waals surface area contributed by atoms with E-state index < -0.39 is 0 Å². The van der Waals surface area contributed by atoms with Crippen LogP contribution < -0.4 is 16.0 Å². The summed E-state index contributed by atoms with van der Waals surface area (Å²) in [6.45, 7) is 4.03. The molecule has 3 N–H and O–H groups in total. The summed E-state index contributed by atoms with van der Waals surface area (Å²) in [6, 6.07) is 0.614. The Morgan fingerprint density at radius 3 is 2.75 bits per heavy atom. The lowest BCUT2D eigenvalue weighted by molar-refractivity contribution is 0.230. The van der Waals surface area contributed by atoms with Crippen LogP contribution in [0.4, 0.5) is 4.79 Å². The number of likely N-dealkylation sites (N-methyl/N-ethyl adjacent to an activating group) is 1. The first-order chi connectivity index (χ1) is 7.74. The Morgan fingerprint density at radius 2 is 2.12 bits per heavy atom. The highest BCUT2D eigenvalue weighted by molar-refractivity contribution is 5.74. The molecule has 0 radical (unpaired) electrons. The minimum atomic E-state index is -0.00556. The average Bonchev–Trinajstić information content (AvgIpc) is 2.65. The number of nitrogens with zero attached hydrogens (tertiary/aromatic N) is 1. The largest absolute Gasteiger partial charge is 0.334 e. The Labute approximate surface area is 96.9 Å². The number of hydrogen-bond donors (Lipinski definition) is 3. The Kier molecular flexibility index (Phi) is 4.01. The van der Waals surface area contributed by atoms with Crippen molar-refractivity contribution in [1.82, 2.24) is 20.9 Å². The predicted octanol–water partition coefficient (Wildman–Crippen LogP) is -0.258. The van der Waals surface area contributed by atoms with E-state index in [9.17, 15) is 4.79 Å². The summed E-state index contributed by atoms with van der Waals surface area (Å²) >= 11 is 0. The molecule has 16 heavy (non-hydrogen) atoms. The molecule has 0 aromatic rings. The van der Waals surface area contributed by atoms with Gasteiger partial charge in [-0.2, -0.15) is 0 Å². The van der Waals surface area contributed by atoms with Crippen LogP contribution in [0, 0.1) is 0 Å². The van der Waals surface area contributed by atoms with Gasteiger partial charge >= 0.3 is 6.03 Å². The Bertz CT molecular complexity index is 231. The molecule has 2 unspecified atom stereocenters. The summed E-state index contributed by atoms with van der Waals surface area (Å²) < 4.78 is 0. The second-order valence-electron chi connectivity index (χ2n) is 4.91.